The summed E-state index contributed by atoms with van der Waals surface area (Å²) in [7, 11) is 4.08. The first kappa shape index (κ1) is 24.5. The van der Waals surface area contributed by atoms with Crippen LogP contribution >= 0.6 is 0 Å². The van der Waals surface area contributed by atoms with Gasteiger partial charge in [0.1, 0.15) is 6.29 Å². The molecule has 0 aliphatic heterocycles. The molecule has 3 aromatic carbocycles. The largest absolute Gasteiger partial charge is 0.378 e. The third-order valence-corrected chi connectivity index (χ3v) is 6.78. The van der Waals surface area contributed by atoms with Crippen LogP contribution in [-0.2, 0) is 16.1 Å². The van der Waals surface area contributed by atoms with E-state index in [1.54, 1.807) is 6.08 Å². The van der Waals surface area contributed by atoms with Gasteiger partial charge in [-0.2, -0.15) is 0 Å². The van der Waals surface area contributed by atoms with E-state index >= 15 is 0 Å². The second-order valence-electron chi connectivity index (χ2n) is 9.49. The van der Waals surface area contributed by atoms with Crippen molar-refractivity contribution >= 4 is 29.6 Å². The molecule has 4 heteroatoms. The Labute approximate surface area is 208 Å². The molecule has 0 atom stereocenters. The van der Waals surface area contributed by atoms with E-state index in [2.05, 4.69) is 53.4 Å². The van der Waals surface area contributed by atoms with Gasteiger partial charge in [-0.1, -0.05) is 73.9 Å². The summed E-state index contributed by atoms with van der Waals surface area (Å²) < 4.78 is 0. The van der Waals surface area contributed by atoms with E-state index in [9.17, 15) is 9.59 Å². The topological polar surface area (TPSA) is 40.6 Å². The maximum absolute atomic E-state index is 13.7. The molecule has 0 heterocycles. The van der Waals surface area contributed by atoms with Crippen molar-refractivity contribution in [3.8, 4) is 11.1 Å². The van der Waals surface area contributed by atoms with Crippen LogP contribution < -0.4 is 9.80 Å². The fourth-order valence-electron chi connectivity index (χ4n) is 4.75. The molecule has 1 saturated carbocycles. The maximum Gasteiger partial charge on any atom is 0.230 e. The maximum atomic E-state index is 13.7. The van der Waals surface area contributed by atoms with E-state index in [0.717, 1.165) is 54.3 Å². The van der Waals surface area contributed by atoms with Crippen molar-refractivity contribution in [1.29, 1.82) is 0 Å². The SMILES string of the molecule is CN(C)c1ccc(-c2ccc(CN(C(=O)C3CCCCC3)c3cccc(/C=C/C=O)c3)cc2)cc1. The van der Waals surface area contributed by atoms with Crippen molar-refractivity contribution < 1.29 is 9.59 Å². The third kappa shape index (κ3) is 6.27. The molecule has 35 heavy (non-hydrogen) atoms. The first-order chi connectivity index (χ1) is 17.0. The van der Waals surface area contributed by atoms with Crippen LogP contribution in [0.2, 0.25) is 0 Å². The molecule has 0 spiro atoms. The predicted molar refractivity (Wildman–Crippen MR) is 146 cm³/mol. The van der Waals surface area contributed by atoms with Crippen LogP contribution in [0.15, 0.2) is 78.9 Å². The van der Waals surface area contributed by atoms with E-state index in [0.29, 0.717) is 6.54 Å². The molecule has 1 aliphatic carbocycles. The van der Waals surface area contributed by atoms with Crippen LogP contribution in [0.3, 0.4) is 0 Å². The van der Waals surface area contributed by atoms with Crippen LogP contribution in [0.5, 0.6) is 0 Å². The molecule has 3 aromatic rings. The Hall–Kier alpha value is -3.66. The number of nitrogens with zero attached hydrogens (tertiary/aromatic N) is 2. The van der Waals surface area contributed by atoms with Crippen LogP contribution in [0.25, 0.3) is 17.2 Å². The summed E-state index contributed by atoms with van der Waals surface area (Å²) in [5.74, 6) is 0.275. The Morgan fingerprint density at radius 3 is 2.14 bits per heavy atom. The molecule has 0 saturated heterocycles. The third-order valence-electron chi connectivity index (χ3n) is 6.78. The minimum atomic E-state index is 0.0763. The highest BCUT2D eigenvalue weighted by Crippen LogP contribution is 2.30. The molecule has 1 fully saturated rings. The lowest BCUT2D eigenvalue weighted by molar-refractivity contribution is -0.123. The van der Waals surface area contributed by atoms with Gasteiger partial charge in [-0.25, -0.2) is 0 Å². The number of allylic oxidation sites excluding steroid dienone is 1. The minimum absolute atomic E-state index is 0.0763. The van der Waals surface area contributed by atoms with Gasteiger partial charge in [-0.05, 0) is 65.4 Å². The lowest BCUT2D eigenvalue weighted by atomic mass is 9.88. The molecule has 1 aliphatic rings. The molecular weight excluding hydrogens is 432 g/mol. The number of hydrogen-bond acceptors (Lipinski definition) is 3. The fourth-order valence-corrected chi connectivity index (χ4v) is 4.75. The molecule has 1 amide bonds. The molecule has 0 unspecified atom stereocenters. The highest BCUT2D eigenvalue weighted by molar-refractivity contribution is 5.95. The number of aldehydes is 1. The summed E-state index contributed by atoms with van der Waals surface area (Å²) in [5, 5.41) is 0. The summed E-state index contributed by atoms with van der Waals surface area (Å²) in [5.41, 5.74) is 6.38. The van der Waals surface area contributed by atoms with Gasteiger partial charge >= 0.3 is 0 Å². The lowest BCUT2D eigenvalue weighted by Crippen LogP contribution is -2.36. The number of amides is 1. The number of anilines is 2. The average molecular weight is 467 g/mol. The first-order valence-corrected chi connectivity index (χ1v) is 12.4. The monoisotopic (exact) mass is 466 g/mol. The molecule has 0 N–H and O–H groups in total. The van der Waals surface area contributed by atoms with Crippen molar-refractivity contribution in [2.24, 2.45) is 5.92 Å². The quantitative estimate of drug-likeness (QED) is 0.272. The van der Waals surface area contributed by atoms with Crippen LogP contribution in [0, 0.1) is 5.92 Å². The summed E-state index contributed by atoms with van der Waals surface area (Å²) in [4.78, 5) is 28.4. The van der Waals surface area contributed by atoms with Gasteiger partial charge in [-0.15, -0.1) is 0 Å². The van der Waals surface area contributed by atoms with E-state index in [1.807, 2.05) is 43.3 Å². The second-order valence-corrected chi connectivity index (χ2v) is 9.49. The fraction of sp³-hybridized carbons (Fsp3) is 0.290. The van der Waals surface area contributed by atoms with Gasteiger partial charge < -0.3 is 9.80 Å². The summed E-state index contributed by atoms with van der Waals surface area (Å²) in [6, 6.07) is 24.9. The van der Waals surface area contributed by atoms with Gasteiger partial charge in [0.05, 0.1) is 6.54 Å². The molecule has 0 aromatic heterocycles. The molecule has 0 bridgehead atoms. The smallest absolute Gasteiger partial charge is 0.230 e. The molecule has 4 rings (SSSR count). The van der Waals surface area contributed by atoms with Gasteiger partial charge in [-0.3, -0.25) is 9.59 Å². The molecule has 180 valence electrons. The zero-order valence-electron chi connectivity index (χ0n) is 20.7. The highest BCUT2D eigenvalue weighted by Gasteiger charge is 2.27. The second kappa shape index (κ2) is 11.7. The molecule has 4 nitrogen and oxygen atoms in total. The van der Waals surface area contributed by atoms with Crippen LogP contribution in [-0.4, -0.2) is 26.3 Å². The highest BCUT2D eigenvalue weighted by atomic mass is 16.2. The average Bonchev–Trinajstić information content (AvgIpc) is 2.91. The van der Waals surface area contributed by atoms with Crippen molar-refractivity contribution in [1.82, 2.24) is 0 Å². The van der Waals surface area contributed by atoms with Crippen molar-refractivity contribution in [2.75, 3.05) is 23.9 Å². The number of carbonyl (C=O) groups excluding carboxylic acids is 2. The van der Waals surface area contributed by atoms with E-state index in [4.69, 9.17) is 0 Å². The van der Waals surface area contributed by atoms with Crippen LogP contribution in [0.4, 0.5) is 11.4 Å². The van der Waals surface area contributed by atoms with Gasteiger partial charge in [0.2, 0.25) is 5.91 Å². The normalized spacial score (nSPS) is 14.1. The number of hydrogen-bond donors (Lipinski definition) is 0. The van der Waals surface area contributed by atoms with E-state index in [1.165, 1.54) is 23.7 Å². The van der Waals surface area contributed by atoms with E-state index in [-0.39, 0.29) is 11.8 Å². The minimum Gasteiger partial charge on any atom is -0.378 e. The Morgan fingerprint density at radius 2 is 1.51 bits per heavy atom. The molecule has 0 radical (unpaired) electrons. The summed E-state index contributed by atoms with van der Waals surface area (Å²) >= 11 is 0. The van der Waals surface area contributed by atoms with Crippen molar-refractivity contribution in [3.05, 3.63) is 90.0 Å². The Kier molecular flexibility index (Phi) is 8.15. The number of benzene rings is 3. The predicted octanol–water partition coefficient (Wildman–Crippen LogP) is 6.75. The Balaban J connectivity index is 1.58. The molecular formula is C31H34N2O2. The number of rotatable bonds is 8. The zero-order valence-corrected chi connectivity index (χ0v) is 20.7. The van der Waals surface area contributed by atoms with Crippen molar-refractivity contribution in [3.63, 3.8) is 0 Å². The van der Waals surface area contributed by atoms with Crippen LogP contribution in [0.1, 0.15) is 43.2 Å². The first-order valence-electron chi connectivity index (χ1n) is 12.4. The summed E-state index contributed by atoms with van der Waals surface area (Å²) in [6.07, 6.45) is 9.40. The standard InChI is InChI=1S/C31H34N2O2/c1-32(2)29-19-17-27(18-20-29)26-15-13-25(14-16-26)23-33(31(35)28-10-4-3-5-11-28)30-12-6-8-24(22-30)9-7-21-34/h6-9,12-22,28H,3-5,10-11,23H2,1-2H3/b9-7+. The Bertz CT molecular complexity index is 1160. The van der Waals surface area contributed by atoms with Crippen molar-refractivity contribution in [2.45, 2.75) is 38.6 Å². The number of carbonyl (C=O) groups is 2. The van der Waals surface area contributed by atoms with E-state index < -0.39 is 0 Å². The summed E-state index contributed by atoms with van der Waals surface area (Å²) in [6.45, 7) is 0.524. The van der Waals surface area contributed by atoms with Gasteiger partial charge in [0.15, 0.2) is 0 Å². The lowest BCUT2D eigenvalue weighted by Gasteiger charge is -2.30. The zero-order chi connectivity index (χ0) is 24.6. The van der Waals surface area contributed by atoms with Gasteiger partial charge in [0, 0.05) is 31.4 Å². The Morgan fingerprint density at radius 1 is 0.857 bits per heavy atom. The van der Waals surface area contributed by atoms with Gasteiger partial charge in [0.25, 0.3) is 0 Å².